The third-order valence-corrected chi connectivity index (χ3v) is 3.83. The van der Waals surface area contributed by atoms with Crippen LogP contribution in [0.5, 0.6) is 0 Å². The zero-order valence-electron chi connectivity index (χ0n) is 12.9. The third kappa shape index (κ3) is 3.51. The van der Waals surface area contributed by atoms with Gasteiger partial charge in [0.25, 0.3) is 0 Å². The molecule has 0 radical (unpaired) electrons. The second-order valence-electron chi connectivity index (χ2n) is 5.56. The van der Waals surface area contributed by atoms with Gasteiger partial charge in [-0.2, -0.15) is 0 Å². The van der Waals surface area contributed by atoms with E-state index in [0.29, 0.717) is 6.42 Å². The predicted octanol–water partition coefficient (Wildman–Crippen LogP) is 4.04. The van der Waals surface area contributed by atoms with Gasteiger partial charge in [0.2, 0.25) is 5.91 Å². The fourth-order valence-electron chi connectivity index (χ4n) is 2.61. The molecule has 0 spiro atoms. The minimum Gasteiger partial charge on any atom is -0.370 e. The smallest absolute Gasteiger partial charge is 0.217 e. The average molecular weight is 326 g/mol. The molecule has 0 bridgehead atoms. The Morgan fingerprint density at radius 3 is 2.00 bits per heavy atom. The standard InChI is InChI=1S/C19H16F2N2O/c20-15-6-1-12(2-7-15)17-11-14(5-10-18(22)24)19(23-17)13-3-8-16(21)9-4-13/h1-4,6-9,11,23H,5,10H2,(H2,22,24). The van der Waals surface area contributed by atoms with Crippen molar-refractivity contribution < 1.29 is 13.6 Å². The summed E-state index contributed by atoms with van der Waals surface area (Å²) in [6, 6.07) is 14.1. The Morgan fingerprint density at radius 2 is 1.46 bits per heavy atom. The normalized spacial score (nSPS) is 10.8. The molecule has 5 heteroatoms. The number of nitrogens with one attached hydrogen (secondary N) is 1. The Morgan fingerprint density at radius 1 is 0.917 bits per heavy atom. The van der Waals surface area contributed by atoms with Crippen LogP contribution in [0.25, 0.3) is 22.5 Å². The van der Waals surface area contributed by atoms with Crippen LogP contribution in [0.1, 0.15) is 12.0 Å². The minimum absolute atomic E-state index is 0.217. The van der Waals surface area contributed by atoms with E-state index in [4.69, 9.17) is 5.73 Å². The maximum absolute atomic E-state index is 13.2. The highest BCUT2D eigenvalue weighted by atomic mass is 19.1. The van der Waals surface area contributed by atoms with E-state index in [1.807, 2.05) is 6.07 Å². The first-order valence-corrected chi connectivity index (χ1v) is 7.55. The first-order valence-electron chi connectivity index (χ1n) is 7.55. The Bertz CT molecular complexity index is 852. The molecule has 1 aromatic heterocycles. The number of benzene rings is 2. The molecule has 2 aromatic carbocycles. The van der Waals surface area contributed by atoms with Gasteiger partial charge < -0.3 is 10.7 Å². The largest absolute Gasteiger partial charge is 0.370 e. The van der Waals surface area contributed by atoms with E-state index in [1.165, 1.54) is 24.3 Å². The number of rotatable bonds is 5. The summed E-state index contributed by atoms with van der Waals surface area (Å²) in [4.78, 5) is 14.4. The van der Waals surface area contributed by atoms with Crippen molar-refractivity contribution in [2.24, 2.45) is 5.73 Å². The van der Waals surface area contributed by atoms with E-state index in [1.54, 1.807) is 24.3 Å². The molecule has 0 unspecified atom stereocenters. The molecule has 1 amide bonds. The van der Waals surface area contributed by atoms with Gasteiger partial charge >= 0.3 is 0 Å². The lowest BCUT2D eigenvalue weighted by Gasteiger charge is -2.03. The van der Waals surface area contributed by atoms with Crippen molar-refractivity contribution in [1.29, 1.82) is 0 Å². The zero-order valence-corrected chi connectivity index (χ0v) is 12.9. The van der Waals surface area contributed by atoms with E-state index >= 15 is 0 Å². The average Bonchev–Trinajstić information content (AvgIpc) is 2.98. The first kappa shape index (κ1) is 15.9. The van der Waals surface area contributed by atoms with Gasteiger partial charge in [0, 0.05) is 17.8 Å². The quantitative estimate of drug-likeness (QED) is 0.730. The predicted molar refractivity (Wildman–Crippen MR) is 89.1 cm³/mol. The van der Waals surface area contributed by atoms with Crippen molar-refractivity contribution in [3.8, 4) is 22.5 Å². The van der Waals surface area contributed by atoms with E-state index in [9.17, 15) is 13.6 Å². The zero-order chi connectivity index (χ0) is 17.1. The van der Waals surface area contributed by atoms with Gasteiger partial charge in [-0.15, -0.1) is 0 Å². The Kier molecular flexibility index (Phi) is 4.42. The van der Waals surface area contributed by atoms with Gasteiger partial charge in [-0.3, -0.25) is 4.79 Å². The number of aromatic nitrogens is 1. The molecule has 0 saturated heterocycles. The van der Waals surface area contributed by atoms with Crippen molar-refractivity contribution in [3.63, 3.8) is 0 Å². The summed E-state index contributed by atoms with van der Waals surface area (Å²) in [5, 5.41) is 0. The highest BCUT2D eigenvalue weighted by molar-refractivity contribution is 5.76. The highest BCUT2D eigenvalue weighted by Crippen LogP contribution is 2.30. The van der Waals surface area contributed by atoms with Crippen molar-refractivity contribution in [3.05, 3.63) is 71.8 Å². The number of carbonyl (C=O) groups excluding carboxylic acids is 1. The van der Waals surface area contributed by atoms with Gasteiger partial charge in [-0.1, -0.05) is 0 Å². The minimum atomic E-state index is -0.385. The van der Waals surface area contributed by atoms with Crippen LogP contribution in [-0.4, -0.2) is 10.9 Å². The van der Waals surface area contributed by atoms with Crippen LogP contribution in [0.3, 0.4) is 0 Å². The third-order valence-electron chi connectivity index (χ3n) is 3.83. The number of halogens is 2. The Hall–Kier alpha value is -2.95. The van der Waals surface area contributed by atoms with Crippen LogP contribution in [0.4, 0.5) is 8.78 Å². The number of aromatic amines is 1. The van der Waals surface area contributed by atoms with Crippen LogP contribution in [0.2, 0.25) is 0 Å². The molecule has 0 atom stereocenters. The monoisotopic (exact) mass is 326 g/mol. The second-order valence-corrected chi connectivity index (χ2v) is 5.56. The maximum atomic E-state index is 13.2. The van der Waals surface area contributed by atoms with Crippen LogP contribution >= 0.6 is 0 Å². The summed E-state index contributed by atoms with van der Waals surface area (Å²) in [6.45, 7) is 0. The molecule has 24 heavy (non-hydrogen) atoms. The van der Waals surface area contributed by atoms with Gasteiger partial charge in [-0.25, -0.2) is 8.78 Å². The number of H-pyrrole nitrogens is 1. The number of amides is 1. The summed E-state index contributed by atoms with van der Waals surface area (Å²) < 4.78 is 26.3. The molecule has 122 valence electrons. The molecule has 3 rings (SSSR count). The Labute approximate surface area is 138 Å². The number of primary amides is 1. The van der Waals surface area contributed by atoms with Crippen LogP contribution in [0.15, 0.2) is 54.6 Å². The number of nitrogens with two attached hydrogens (primary N) is 1. The molecular weight excluding hydrogens is 310 g/mol. The lowest BCUT2D eigenvalue weighted by molar-refractivity contribution is -0.117. The van der Waals surface area contributed by atoms with Crippen LogP contribution in [0, 0.1) is 11.6 Å². The number of hydrogen-bond donors (Lipinski definition) is 2. The molecular formula is C19H16F2N2O. The fraction of sp³-hybridized carbons (Fsp3) is 0.105. The first-order chi connectivity index (χ1) is 11.5. The Balaban J connectivity index is 2.02. The molecule has 3 N–H and O–H groups in total. The number of carbonyl (C=O) groups is 1. The number of hydrogen-bond acceptors (Lipinski definition) is 1. The molecule has 0 saturated carbocycles. The van der Waals surface area contributed by atoms with Crippen molar-refractivity contribution >= 4 is 5.91 Å². The van der Waals surface area contributed by atoms with Crippen LogP contribution in [-0.2, 0) is 11.2 Å². The van der Waals surface area contributed by atoms with E-state index in [0.717, 1.165) is 28.1 Å². The van der Waals surface area contributed by atoms with E-state index in [2.05, 4.69) is 4.98 Å². The lowest BCUT2D eigenvalue weighted by Crippen LogP contribution is -2.11. The lowest BCUT2D eigenvalue weighted by atomic mass is 10.0. The van der Waals surface area contributed by atoms with Gasteiger partial charge in [0.1, 0.15) is 11.6 Å². The molecule has 0 aliphatic heterocycles. The topological polar surface area (TPSA) is 58.9 Å². The highest BCUT2D eigenvalue weighted by Gasteiger charge is 2.12. The van der Waals surface area contributed by atoms with E-state index < -0.39 is 0 Å². The summed E-state index contributed by atoms with van der Waals surface area (Å²) in [6.07, 6.45) is 0.689. The summed E-state index contributed by atoms with van der Waals surface area (Å²) in [7, 11) is 0. The molecule has 3 aromatic rings. The van der Waals surface area contributed by atoms with Gasteiger partial charge in [0.05, 0.1) is 0 Å². The van der Waals surface area contributed by atoms with Crippen LogP contribution < -0.4 is 5.73 Å². The molecule has 1 heterocycles. The maximum Gasteiger partial charge on any atom is 0.217 e. The second kappa shape index (κ2) is 6.66. The number of aryl methyl sites for hydroxylation is 1. The summed E-state index contributed by atoms with van der Waals surface area (Å²) in [5.41, 5.74) is 9.38. The SMILES string of the molecule is NC(=O)CCc1cc(-c2ccc(F)cc2)[nH]c1-c1ccc(F)cc1. The van der Waals surface area contributed by atoms with Gasteiger partial charge in [-0.05, 0) is 77.7 Å². The molecule has 0 fully saturated rings. The molecule has 0 aliphatic carbocycles. The van der Waals surface area contributed by atoms with Crippen molar-refractivity contribution in [1.82, 2.24) is 4.98 Å². The molecule has 3 nitrogen and oxygen atoms in total. The molecule has 0 aliphatic rings. The summed E-state index contributed by atoms with van der Waals surface area (Å²) >= 11 is 0. The summed E-state index contributed by atoms with van der Waals surface area (Å²) in [5.74, 6) is -1.01. The van der Waals surface area contributed by atoms with E-state index in [-0.39, 0.29) is 24.0 Å². The van der Waals surface area contributed by atoms with Gasteiger partial charge in [0.15, 0.2) is 0 Å². The van der Waals surface area contributed by atoms with Crippen molar-refractivity contribution in [2.75, 3.05) is 0 Å². The van der Waals surface area contributed by atoms with Crippen molar-refractivity contribution in [2.45, 2.75) is 12.8 Å². The fourth-order valence-corrected chi connectivity index (χ4v) is 2.61.